The lowest BCUT2D eigenvalue weighted by Crippen LogP contribution is -2.26. The molecule has 92 valence electrons. The van der Waals surface area contributed by atoms with E-state index in [9.17, 15) is 0 Å². The molecular weight excluding hydrogens is 234 g/mol. The zero-order valence-electron chi connectivity index (χ0n) is 10.1. The summed E-state index contributed by atoms with van der Waals surface area (Å²) in [5.74, 6) is 2.95. The van der Waals surface area contributed by atoms with Crippen molar-refractivity contribution in [1.29, 1.82) is 0 Å². The second-order valence-electron chi connectivity index (χ2n) is 3.79. The van der Waals surface area contributed by atoms with Gasteiger partial charge in [-0.15, -0.1) is 0 Å². The molecule has 1 unspecified atom stereocenters. The third-order valence-electron chi connectivity index (χ3n) is 2.60. The first-order valence-electron chi connectivity index (χ1n) is 5.56. The van der Waals surface area contributed by atoms with Gasteiger partial charge in [-0.2, -0.15) is 11.8 Å². The molecule has 1 N–H and O–H groups in total. The third-order valence-corrected chi connectivity index (χ3v) is 3.21. The van der Waals surface area contributed by atoms with E-state index in [-0.39, 0.29) is 6.04 Å². The number of hydrogen-bond acceptors (Lipinski definition) is 4. The Labute approximate surface area is 105 Å². The average molecular weight is 251 g/mol. The molecule has 0 spiro atoms. The molecule has 0 radical (unpaired) electrons. The monoisotopic (exact) mass is 251 g/mol. The average Bonchev–Trinajstić information content (AvgIpc) is 2.96. The number of aromatic nitrogens is 2. The van der Waals surface area contributed by atoms with Crippen LogP contribution in [0.5, 0.6) is 0 Å². The number of aryl methyl sites for hydroxylation is 1. The molecule has 0 aliphatic carbocycles. The molecule has 0 amide bonds. The van der Waals surface area contributed by atoms with Crippen LogP contribution in [0.3, 0.4) is 0 Å². The van der Waals surface area contributed by atoms with Crippen LogP contribution in [0.25, 0.3) is 0 Å². The summed E-state index contributed by atoms with van der Waals surface area (Å²) in [6.45, 7) is 0.930. The largest absolute Gasteiger partial charge is 0.467 e. The molecule has 0 saturated heterocycles. The van der Waals surface area contributed by atoms with Crippen LogP contribution in [0.1, 0.15) is 17.6 Å². The van der Waals surface area contributed by atoms with Crippen molar-refractivity contribution < 1.29 is 4.42 Å². The maximum absolute atomic E-state index is 5.48. The van der Waals surface area contributed by atoms with Gasteiger partial charge in [0.05, 0.1) is 6.26 Å². The van der Waals surface area contributed by atoms with Gasteiger partial charge in [-0.3, -0.25) is 0 Å². The Morgan fingerprint density at radius 3 is 3.06 bits per heavy atom. The highest BCUT2D eigenvalue weighted by Gasteiger charge is 2.19. The minimum atomic E-state index is 0.0251. The number of nitrogens with zero attached hydrogens (tertiary/aromatic N) is 2. The molecule has 5 heteroatoms. The number of thioether (sulfide) groups is 1. The predicted molar refractivity (Wildman–Crippen MR) is 70.1 cm³/mol. The number of hydrogen-bond donors (Lipinski definition) is 1. The van der Waals surface area contributed by atoms with Gasteiger partial charge in [0, 0.05) is 31.7 Å². The summed E-state index contributed by atoms with van der Waals surface area (Å²) in [5, 5.41) is 3.47. The minimum Gasteiger partial charge on any atom is -0.467 e. The number of nitrogens with one attached hydrogen (secondary N) is 1. The van der Waals surface area contributed by atoms with Crippen LogP contribution in [-0.2, 0) is 7.05 Å². The summed E-state index contributed by atoms with van der Waals surface area (Å²) < 4.78 is 7.50. The van der Waals surface area contributed by atoms with Crippen molar-refractivity contribution in [2.45, 2.75) is 6.04 Å². The molecule has 0 aliphatic heterocycles. The van der Waals surface area contributed by atoms with E-state index in [0.717, 1.165) is 23.9 Å². The van der Waals surface area contributed by atoms with E-state index in [2.05, 4.69) is 16.6 Å². The summed E-state index contributed by atoms with van der Waals surface area (Å²) in [6.07, 6.45) is 7.55. The van der Waals surface area contributed by atoms with E-state index >= 15 is 0 Å². The number of imidazole rings is 1. The summed E-state index contributed by atoms with van der Waals surface area (Å²) in [6, 6.07) is 3.91. The van der Waals surface area contributed by atoms with Crippen LogP contribution >= 0.6 is 11.8 Å². The Morgan fingerprint density at radius 2 is 2.47 bits per heavy atom. The first kappa shape index (κ1) is 12.3. The molecule has 2 rings (SSSR count). The Bertz CT molecular complexity index is 438. The van der Waals surface area contributed by atoms with Gasteiger partial charge >= 0.3 is 0 Å². The zero-order valence-corrected chi connectivity index (χ0v) is 10.9. The zero-order chi connectivity index (χ0) is 12.1. The van der Waals surface area contributed by atoms with E-state index < -0.39 is 0 Å². The maximum Gasteiger partial charge on any atom is 0.133 e. The van der Waals surface area contributed by atoms with E-state index in [1.54, 1.807) is 6.26 Å². The molecule has 2 aromatic heterocycles. The predicted octanol–water partition coefficient (Wildman–Crippen LogP) is 2.06. The number of furan rings is 1. The molecule has 1 atom stereocenters. The lowest BCUT2D eigenvalue weighted by molar-refractivity contribution is 0.437. The van der Waals surface area contributed by atoms with Crippen LogP contribution in [0.2, 0.25) is 0 Å². The van der Waals surface area contributed by atoms with Crippen molar-refractivity contribution in [2.24, 2.45) is 7.05 Å². The van der Waals surface area contributed by atoms with E-state index in [4.69, 9.17) is 4.42 Å². The molecule has 17 heavy (non-hydrogen) atoms. The van der Waals surface area contributed by atoms with Gasteiger partial charge in [-0.1, -0.05) is 0 Å². The standard InChI is InChI=1S/C12H17N3OS/c1-15-7-5-14-12(15)11(13-6-9-17-2)10-4-3-8-16-10/h3-5,7-8,11,13H,6,9H2,1-2H3. The minimum absolute atomic E-state index is 0.0251. The van der Waals surface area contributed by atoms with Gasteiger partial charge in [0.2, 0.25) is 0 Å². The van der Waals surface area contributed by atoms with Gasteiger partial charge < -0.3 is 14.3 Å². The van der Waals surface area contributed by atoms with Crippen LogP contribution in [0, 0.1) is 0 Å². The fraction of sp³-hybridized carbons (Fsp3) is 0.417. The van der Waals surface area contributed by atoms with Crippen LogP contribution in [0.15, 0.2) is 35.2 Å². The Hall–Kier alpha value is -1.20. The first-order chi connectivity index (χ1) is 8.33. The fourth-order valence-electron chi connectivity index (χ4n) is 1.74. The first-order valence-corrected chi connectivity index (χ1v) is 6.95. The van der Waals surface area contributed by atoms with Gasteiger partial charge in [0.25, 0.3) is 0 Å². The molecule has 2 aromatic rings. The highest BCUT2D eigenvalue weighted by atomic mass is 32.2. The van der Waals surface area contributed by atoms with Gasteiger partial charge in [0.1, 0.15) is 17.6 Å². The summed E-state index contributed by atoms with van der Waals surface area (Å²) in [7, 11) is 1.99. The van der Waals surface area contributed by atoms with E-state index in [1.165, 1.54) is 0 Å². The van der Waals surface area contributed by atoms with Crippen LogP contribution in [-0.4, -0.2) is 28.1 Å². The van der Waals surface area contributed by atoms with E-state index in [1.807, 2.05) is 47.9 Å². The van der Waals surface area contributed by atoms with Crippen LogP contribution in [0.4, 0.5) is 0 Å². The summed E-state index contributed by atoms with van der Waals surface area (Å²) in [5.41, 5.74) is 0. The van der Waals surface area contributed by atoms with Crippen molar-refractivity contribution in [3.8, 4) is 0 Å². The summed E-state index contributed by atoms with van der Waals surface area (Å²) >= 11 is 1.82. The highest BCUT2D eigenvalue weighted by molar-refractivity contribution is 7.98. The Kier molecular flexibility index (Phi) is 4.28. The molecule has 0 fully saturated rings. The normalized spacial score (nSPS) is 12.8. The smallest absolute Gasteiger partial charge is 0.133 e. The SMILES string of the molecule is CSCCNC(c1ccco1)c1nccn1C. The molecular formula is C12H17N3OS. The van der Waals surface area contributed by atoms with Crippen molar-refractivity contribution in [3.05, 3.63) is 42.4 Å². The highest BCUT2D eigenvalue weighted by Crippen LogP contribution is 2.20. The van der Waals surface area contributed by atoms with Gasteiger partial charge in [-0.25, -0.2) is 4.98 Å². The molecule has 0 aliphatic rings. The third kappa shape index (κ3) is 2.92. The van der Waals surface area contributed by atoms with Crippen molar-refractivity contribution in [2.75, 3.05) is 18.6 Å². The van der Waals surface area contributed by atoms with E-state index in [0.29, 0.717) is 0 Å². The van der Waals surface area contributed by atoms with Crippen molar-refractivity contribution in [3.63, 3.8) is 0 Å². The second-order valence-corrected chi connectivity index (χ2v) is 4.78. The molecule has 4 nitrogen and oxygen atoms in total. The molecule has 0 aromatic carbocycles. The van der Waals surface area contributed by atoms with Crippen molar-refractivity contribution in [1.82, 2.24) is 14.9 Å². The fourth-order valence-corrected chi connectivity index (χ4v) is 2.06. The molecule has 0 saturated carbocycles. The maximum atomic E-state index is 5.48. The Morgan fingerprint density at radius 1 is 1.59 bits per heavy atom. The quantitative estimate of drug-likeness (QED) is 0.798. The Balaban J connectivity index is 2.16. The van der Waals surface area contributed by atoms with Gasteiger partial charge in [-0.05, 0) is 18.4 Å². The van der Waals surface area contributed by atoms with Crippen molar-refractivity contribution >= 4 is 11.8 Å². The topological polar surface area (TPSA) is 43.0 Å². The number of rotatable bonds is 6. The molecule has 0 bridgehead atoms. The second kappa shape index (κ2) is 5.93. The lowest BCUT2D eigenvalue weighted by atomic mass is 10.2. The van der Waals surface area contributed by atoms with Crippen LogP contribution < -0.4 is 5.32 Å². The lowest BCUT2D eigenvalue weighted by Gasteiger charge is -2.16. The summed E-state index contributed by atoms with van der Waals surface area (Å²) in [4.78, 5) is 4.38. The van der Waals surface area contributed by atoms with Gasteiger partial charge in [0.15, 0.2) is 0 Å². The molecule has 2 heterocycles.